The number of hydrogen-bond acceptors (Lipinski definition) is 5. The molecule has 0 aromatic carbocycles. The van der Waals surface area contributed by atoms with Crippen LogP contribution in [-0.4, -0.2) is 46.3 Å². The molecule has 0 N–H and O–H groups in total. The molecule has 0 atom stereocenters. The van der Waals surface area contributed by atoms with Gasteiger partial charge in [-0.25, -0.2) is 0 Å². The van der Waals surface area contributed by atoms with E-state index in [-0.39, 0.29) is 5.97 Å². The molecular weight excluding hydrogens is 208 g/mol. The van der Waals surface area contributed by atoms with Crippen LogP contribution in [0.1, 0.15) is 18.1 Å². The molecule has 0 aliphatic rings. The van der Waals surface area contributed by atoms with Gasteiger partial charge in [-0.05, 0) is 14.0 Å². The van der Waals surface area contributed by atoms with E-state index in [2.05, 4.69) is 14.9 Å². The van der Waals surface area contributed by atoms with Crippen molar-refractivity contribution in [2.45, 2.75) is 19.9 Å². The second-order valence-corrected chi connectivity index (χ2v) is 3.79. The Morgan fingerprint density at radius 1 is 1.50 bits per heavy atom. The molecule has 0 radical (unpaired) electrons. The Bertz CT molecular complexity index is 362. The summed E-state index contributed by atoms with van der Waals surface area (Å²) < 4.78 is 6.52. The molecule has 0 saturated heterocycles. The Morgan fingerprint density at radius 3 is 2.69 bits per heavy atom. The third-order valence-corrected chi connectivity index (χ3v) is 2.52. The van der Waals surface area contributed by atoms with E-state index in [0.717, 1.165) is 11.6 Å². The number of esters is 1. The predicted molar refractivity (Wildman–Crippen MR) is 58.7 cm³/mol. The van der Waals surface area contributed by atoms with Crippen molar-refractivity contribution in [3.8, 4) is 0 Å². The van der Waals surface area contributed by atoms with Crippen molar-refractivity contribution in [3.63, 3.8) is 0 Å². The molecule has 0 aliphatic heterocycles. The quantitative estimate of drug-likeness (QED) is 0.667. The van der Waals surface area contributed by atoms with Gasteiger partial charge >= 0.3 is 5.97 Å². The van der Waals surface area contributed by atoms with Crippen LogP contribution < -0.4 is 0 Å². The van der Waals surface area contributed by atoms with E-state index < -0.39 is 0 Å². The van der Waals surface area contributed by atoms with Gasteiger partial charge < -0.3 is 9.30 Å². The van der Waals surface area contributed by atoms with Gasteiger partial charge in [-0.15, -0.1) is 10.2 Å². The number of carbonyl (C=O) groups excluding carboxylic acids is 1. The van der Waals surface area contributed by atoms with Crippen LogP contribution in [0.15, 0.2) is 0 Å². The second-order valence-electron chi connectivity index (χ2n) is 3.79. The van der Waals surface area contributed by atoms with Gasteiger partial charge in [0, 0.05) is 13.6 Å². The molecule has 1 rings (SSSR count). The molecule has 0 fully saturated rings. The fraction of sp³-hybridized carbons (Fsp3) is 0.700. The molecule has 1 aromatic heterocycles. The van der Waals surface area contributed by atoms with Gasteiger partial charge in [0.15, 0.2) is 0 Å². The number of methoxy groups -OCH3 is 1. The Labute approximate surface area is 95.2 Å². The summed E-state index contributed by atoms with van der Waals surface area (Å²) in [6, 6.07) is 0. The molecule has 1 aromatic rings. The Hall–Kier alpha value is -1.43. The van der Waals surface area contributed by atoms with E-state index in [1.165, 1.54) is 7.11 Å². The fourth-order valence-corrected chi connectivity index (χ4v) is 1.29. The number of nitrogens with zero attached hydrogens (tertiary/aromatic N) is 4. The van der Waals surface area contributed by atoms with Gasteiger partial charge in [0.25, 0.3) is 0 Å². The normalized spacial score (nSPS) is 10.8. The lowest BCUT2D eigenvalue weighted by atomic mass is 10.4. The highest BCUT2D eigenvalue weighted by atomic mass is 16.5. The minimum Gasteiger partial charge on any atom is -0.469 e. The van der Waals surface area contributed by atoms with Crippen LogP contribution in [0.2, 0.25) is 0 Å². The third-order valence-electron chi connectivity index (χ3n) is 2.52. The lowest BCUT2D eigenvalue weighted by Gasteiger charge is -2.14. The largest absolute Gasteiger partial charge is 0.469 e. The topological polar surface area (TPSA) is 60.2 Å². The highest BCUT2D eigenvalue weighted by molar-refractivity contribution is 5.69. The first-order chi connectivity index (χ1) is 7.54. The van der Waals surface area contributed by atoms with E-state index in [9.17, 15) is 4.79 Å². The molecular formula is C10H18N4O2. The van der Waals surface area contributed by atoms with E-state index in [0.29, 0.717) is 19.5 Å². The van der Waals surface area contributed by atoms with Gasteiger partial charge in [0.05, 0.1) is 20.1 Å². The van der Waals surface area contributed by atoms with Crippen LogP contribution in [-0.2, 0) is 23.1 Å². The highest BCUT2D eigenvalue weighted by Gasteiger charge is 2.09. The SMILES string of the molecule is COC(=O)CCN(C)Cc1nnc(C)n1C. The Balaban J connectivity index is 2.42. The van der Waals surface area contributed by atoms with Crippen LogP contribution >= 0.6 is 0 Å². The average Bonchev–Trinajstić information content (AvgIpc) is 2.57. The smallest absolute Gasteiger partial charge is 0.306 e. The molecule has 0 amide bonds. The average molecular weight is 226 g/mol. The maximum Gasteiger partial charge on any atom is 0.306 e. The molecule has 90 valence electrons. The zero-order valence-electron chi connectivity index (χ0n) is 10.2. The maximum absolute atomic E-state index is 11.0. The van der Waals surface area contributed by atoms with Crippen molar-refractivity contribution >= 4 is 5.97 Å². The molecule has 0 saturated carbocycles. The fourth-order valence-electron chi connectivity index (χ4n) is 1.29. The molecule has 6 nitrogen and oxygen atoms in total. The summed E-state index contributed by atoms with van der Waals surface area (Å²) in [5, 5.41) is 8.03. The molecule has 1 heterocycles. The zero-order chi connectivity index (χ0) is 12.1. The van der Waals surface area contributed by atoms with Gasteiger partial charge in [0.2, 0.25) is 0 Å². The first kappa shape index (κ1) is 12.6. The number of ether oxygens (including phenoxy) is 1. The minimum atomic E-state index is -0.194. The van der Waals surface area contributed by atoms with Crippen LogP contribution in [0.25, 0.3) is 0 Å². The standard InChI is InChI=1S/C10H18N4O2/c1-8-11-12-9(14(8)3)7-13(2)6-5-10(15)16-4/h5-7H2,1-4H3. The summed E-state index contributed by atoms with van der Waals surface area (Å²) in [5.41, 5.74) is 0. The van der Waals surface area contributed by atoms with Crippen molar-refractivity contribution < 1.29 is 9.53 Å². The summed E-state index contributed by atoms with van der Waals surface area (Å²) >= 11 is 0. The lowest BCUT2D eigenvalue weighted by molar-refractivity contribution is -0.140. The Kier molecular flexibility index (Phi) is 4.42. The molecule has 16 heavy (non-hydrogen) atoms. The molecule has 0 aliphatic carbocycles. The first-order valence-electron chi connectivity index (χ1n) is 5.14. The van der Waals surface area contributed by atoms with Crippen LogP contribution in [0, 0.1) is 6.92 Å². The lowest BCUT2D eigenvalue weighted by Crippen LogP contribution is -2.23. The summed E-state index contributed by atoms with van der Waals surface area (Å²) in [6.07, 6.45) is 0.393. The van der Waals surface area contributed by atoms with Crippen molar-refractivity contribution in [1.82, 2.24) is 19.7 Å². The van der Waals surface area contributed by atoms with E-state index >= 15 is 0 Å². The van der Waals surface area contributed by atoms with Crippen molar-refractivity contribution in [3.05, 3.63) is 11.6 Å². The van der Waals surface area contributed by atoms with E-state index in [1.807, 2.05) is 30.5 Å². The maximum atomic E-state index is 11.0. The van der Waals surface area contributed by atoms with E-state index in [1.54, 1.807) is 0 Å². The van der Waals surface area contributed by atoms with Crippen LogP contribution in [0.3, 0.4) is 0 Å². The summed E-state index contributed by atoms with van der Waals surface area (Å²) in [7, 11) is 5.26. The number of aryl methyl sites for hydroxylation is 1. The van der Waals surface area contributed by atoms with Gasteiger partial charge in [0.1, 0.15) is 11.6 Å². The molecule has 0 spiro atoms. The monoisotopic (exact) mass is 226 g/mol. The number of aromatic nitrogens is 3. The third kappa shape index (κ3) is 3.30. The zero-order valence-corrected chi connectivity index (χ0v) is 10.2. The highest BCUT2D eigenvalue weighted by Crippen LogP contribution is 2.02. The van der Waals surface area contributed by atoms with Crippen molar-refractivity contribution in [2.75, 3.05) is 20.7 Å². The van der Waals surface area contributed by atoms with Gasteiger partial charge in [-0.2, -0.15) is 0 Å². The minimum absolute atomic E-state index is 0.194. The van der Waals surface area contributed by atoms with Gasteiger partial charge in [-0.1, -0.05) is 0 Å². The predicted octanol–water partition coefficient (Wildman–Crippen LogP) is 0.118. The van der Waals surface area contributed by atoms with Gasteiger partial charge in [-0.3, -0.25) is 9.69 Å². The molecule has 0 bridgehead atoms. The summed E-state index contributed by atoms with van der Waals surface area (Å²) in [6.45, 7) is 3.23. The number of carbonyl (C=O) groups is 1. The molecule has 6 heteroatoms. The Morgan fingerprint density at radius 2 is 2.19 bits per heavy atom. The second kappa shape index (κ2) is 5.60. The van der Waals surface area contributed by atoms with E-state index in [4.69, 9.17) is 0 Å². The summed E-state index contributed by atoms with van der Waals surface area (Å²) in [5.74, 6) is 1.59. The van der Waals surface area contributed by atoms with Crippen LogP contribution in [0.5, 0.6) is 0 Å². The molecule has 0 unspecified atom stereocenters. The number of hydrogen-bond donors (Lipinski definition) is 0. The number of rotatable bonds is 5. The van der Waals surface area contributed by atoms with Crippen molar-refractivity contribution in [2.24, 2.45) is 7.05 Å². The van der Waals surface area contributed by atoms with Crippen LogP contribution in [0.4, 0.5) is 0 Å². The summed E-state index contributed by atoms with van der Waals surface area (Å²) in [4.78, 5) is 13.0. The first-order valence-corrected chi connectivity index (χ1v) is 5.14. The van der Waals surface area contributed by atoms with Crippen molar-refractivity contribution in [1.29, 1.82) is 0 Å².